The molecule has 6 heteroatoms. The van der Waals surface area contributed by atoms with Gasteiger partial charge < -0.3 is 4.74 Å². The molecule has 2 fully saturated rings. The van der Waals surface area contributed by atoms with E-state index in [2.05, 4.69) is 13.0 Å². The van der Waals surface area contributed by atoms with Gasteiger partial charge in [-0.15, -0.1) is 0 Å². The predicted octanol–water partition coefficient (Wildman–Crippen LogP) is 4.68. The van der Waals surface area contributed by atoms with Crippen LogP contribution in [0.3, 0.4) is 0 Å². The largest absolute Gasteiger partial charge is 0.419 e. The average molecular weight is 366 g/mol. The molecular weight excluding hydrogens is 341 g/mol. The minimum Gasteiger partial charge on any atom is -0.358 e. The zero-order valence-corrected chi connectivity index (χ0v) is 15.1. The van der Waals surface area contributed by atoms with Crippen LogP contribution in [0.2, 0.25) is 0 Å². The molecule has 1 aliphatic carbocycles. The molecule has 3 rings (SSSR count). The van der Waals surface area contributed by atoms with Gasteiger partial charge in [0.1, 0.15) is 0 Å². The summed E-state index contributed by atoms with van der Waals surface area (Å²) in [7, 11) is 0. The maximum atomic E-state index is 13.6. The molecule has 0 aromatic heterocycles. The molecule has 26 heavy (non-hydrogen) atoms. The van der Waals surface area contributed by atoms with Crippen LogP contribution < -0.4 is 0 Å². The highest BCUT2D eigenvalue weighted by Crippen LogP contribution is 2.46. The van der Waals surface area contributed by atoms with E-state index in [1.54, 1.807) is 24.3 Å². The zero-order chi connectivity index (χ0) is 18.8. The number of nitriles is 1. The summed E-state index contributed by atoms with van der Waals surface area (Å²) in [6, 6.07) is 11.4. The topological polar surface area (TPSA) is 36.3 Å². The van der Waals surface area contributed by atoms with Crippen LogP contribution in [0.5, 0.6) is 0 Å². The summed E-state index contributed by atoms with van der Waals surface area (Å²) in [5.74, 6) is 0. The quantitative estimate of drug-likeness (QED) is 0.759. The number of halogens is 3. The Bertz CT molecular complexity index is 639. The summed E-state index contributed by atoms with van der Waals surface area (Å²) in [4.78, 5) is 1.91. The minimum atomic E-state index is -4.37. The van der Waals surface area contributed by atoms with Crippen LogP contribution in [-0.2, 0) is 11.3 Å². The molecular formula is C20H25F3N2O. The number of likely N-dealkylation sites (tertiary alicyclic amines) is 1. The van der Waals surface area contributed by atoms with Crippen molar-refractivity contribution in [2.75, 3.05) is 13.1 Å². The van der Waals surface area contributed by atoms with E-state index in [0.717, 1.165) is 31.2 Å². The Labute approximate surface area is 152 Å². The van der Waals surface area contributed by atoms with E-state index in [4.69, 9.17) is 10.00 Å². The monoisotopic (exact) mass is 366 g/mol. The van der Waals surface area contributed by atoms with Crippen molar-refractivity contribution in [2.24, 2.45) is 5.41 Å². The van der Waals surface area contributed by atoms with Gasteiger partial charge >= 0.3 is 6.18 Å². The molecule has 0 unspecified atom stereocenters. The molecule has 0 amide bonds. The molecule has 0 atom stereocenters. The number of hydrogen-bond acceptors (Lipinski definition) is 3. The Balaban J connectivity index is 1.57. The third-order valence-corrected chi connectivity index (χ3v) is 5.98. The lowest BCUT2D eigenvalue weighted by Crippen LogP contribution is -2.72. The lowest BCUT2D eigenvalue weighted by atomic mass is 9.71. The van der Waals surface area contributed by atoms with Gasteiger partial charge in [-0.05, 0) is 36.7 Å². The van der Waals surface area contributed by atoms with Gasteiger partial charge in [0.05, 0.1) is 12.7 Å². The van der Waals surface area contributed by atoms with Gasteiger partial charge in [0, 0.05) is 25.6 Å². The molecule has 1 saturated carbocycles. The van der Waals surface area contributed by atoms with Crippen molar-refractivity contribution in [2.45, 2.75) is 63.5 Å². The molecule has 1 heterocycles. The van der Waals surface area contributed by atoms with Crippen molar-refractivity contribution in [1.82, 2.24) is 4.90 Å². The van der Waals surface area contributed by atoms with E-state index in [1.165, 1.54) is 0 Å². The van der Waals surface area contributed by atoms with E-state index in [0.29, 0.717) is 6.42 Å². The first kappa shape index (κ1) is 19.2. The number of benzene rings is 1. The second-order valence-electron chi connectivity index (χ2n) is 8.05. The first-order valence-corrected chi connectivity index (χ1v) is 9.13. The van der Waals surface area contributed by atoms with Crippen LogP contribution in [0.25, 0.3) is 0 Å². The van der Waals surface area contributed by atoms with E-state index >= 15 is 0 Å². The van der Waals surface area contributed by atoms with Crippen molar-refractivity contribution >= 4 is 0 Å². The molecule has 2 aliphatic rings. The minimum absolute atomic E-state index is 0.0149. The summed E-state index contributed by atoms with van der Waals surface area (Å²) in [6.45, 7) is 1.89. The van der Waals surface area contributed by atoms with E-state index < -0.39 is 11.8 Å². The van der Waals surface area contributed by atoms with Gasteiger partial charge in [0.25, 0.3) is 0 Å². The van der Waals surface area contributed by atoms with E-state index in [1.807, 2.05) is 11.0 Å². The Morgan fingerprint density at radius 2 is 1.81 bits per heavy atom. The third-order valence-electron chi connectivity index (χ3n) is 5.98. The fraction of sp³-hybridized carbons (Fsp3) is 0.650. The second-order valence-corrected chi connectivity index (χ2v) is 8.05. The standard InChI is InChI=1S/C20H25F3N2O/c1-18(11-12-24)9-7-17(8-10-18)25-14-19(15-25,20(21,22)23)26-13-16-5-3-2-4-6-16/h2-6,17H,7-11,13-15H2,1H3. The van der Waals surface area contributed by atoms with Crippen molar-refractivity contribution in [3.8, 4) is 6.07 Å². The first-order chi connectivity index (χ1) is 12.3. The van der Waals surface area contributed by atoms with Crippen LogP contribution >= 0.6 is 0 Å². The fourth-order valence-corrected chi connectivity index (χ4v) is 4.05. The maximum Gasteiger partial charge on any atom is 0.419 e. The highest BCUT2D eigenvalue weighted by atomic mass is 19.4. The number of nitrogens with zero attached hydrogens (tertiary/aromatic N) is 2. The summed E-state index contributed by atoms with van der Waals surface area (Å²) < 4.78 is 46.3. The normalized spacial score (nSPS) is 29.0. The van der Waals surface area contributed by atoms with E-state index in [-0.39, 0.29) is 31.2 Å². The van der Waals surface area contributed by atoms with Crippen LogP contribution in [-0.4, -0.2) is 35.8 Å². The molecule has 1 saturated heterocycles. The lowest BCUT2D eigenvalue weighted by molar-refractivity contribution is -0.327. The van der Waals surface area contributed by atoms with Crippen LogP contribution in [0.15, 0.2) is 30.3 Å². The average Bonchev–Trinajstić information content (AvgIpc) is 2.55. The summed E-state index contributed by atoms with van der Waals surface area (Å²) in [5.41, 5.74) is -1.29. The molecule has 142 valence electrons. The van der Waals surface area contributed by atoms with Gasteiger partial charge in [-0.1, -0.05) is 37.3 Å². The summed E-state index contributed by atoms with van der Waals surface area (Å²) in [6.07, 6.45) is -0.360. The van der Waals surface area contributed by atoms with Gasteiger partial charge in [-0.25, -0.2) is 0 Å². The number of hydrogen-bond donors (Lipinski definition) is 0. The Hall–Kier alpha value is -1.58. The van der Waals surface area contributed by atoms with Crippen molar-refractivity contribution in [1.29, 1.82) is 5.26 Å². The molecule has 0 N–H and O–H groups in total. The number of rotatable bonds is 5. The molecule has 3 nitrogen and oxygen atoms in total. The number of ether oxygens (including phenoxy) is 1. The maximum absolute atomic E-state index is 13.6. The van der Waals surface area contributed by atoms with Crippen molar-refractivity contribution < 1.29 is 17.9 Å². The second kappa shape index (κ2) is 7.21. The van der Waals surface area contributed by atoms with Crippen LogP contribution in [0, 0.1) is 16.7 Å². The molecule has 1 aromatic carbocycles. The van der Waals surface area contributed by atoms with Gasteiger partial charge in [-0.3, -0.25) is 4.90 Å². The molecule has 1 aromatic rings. The van der Waals surface area contributed by atoms with Crippen molar-refractivity contribution in [3.63, 3.8) is 0 Å². The Morgan fingerprint density at radius 3 is 2.35 bits per heavy atom. The lowest BCUT2D eigenvalue weighted by Gasteiger charge is -2.54. The fourth-order valence-electron chi connectivity index (χ4n) is 4.05. The van der Waals surface area contributed by atoms with Crippen LogP contribution in [0.4, 0.5) is 13.2 Å². The molecule has 0 spiro atoms. The van der Waals surface area contributed by atoms with Crippen molar-refractivity contribution in [3.05, 3.63) is 35.9 Å². The zero-order valence-electron chi connectivity index (χ0n) is 15.1. The Kier molecular flexibility index (Phi) is 5.32. The molecule has 1 aliphatic heterocycles. The highest BCUT2D eigenvalue weighted by molar-refractivity contribution is 5.14. The number of alkyl halides is 3. The summed E-state index contributed by atoms with van der Waals surface area (Å²) >= 11 is 0. The van der Waals surface area contributed by atoms with Gasteiger partial charge in [-0.2, -0.15) is 18.4 Å². The predicted molar refractivity (Wildman–Crippen MR) is 92.2 cm³/mol. The Morgan fingerprint density at radius 1 is 1.19 bits per heavy atom. The van der Waals surface area contributed by atoms with Gasteiger partial charge in [0.2, 0.25) is 0 Å². The SMILES string of the molecule is CC1(CC#N)CCC(N2CC(OCc3ccccc3)(C(F)(F)F)C2)CC1. The van der Waals surface area contributed by atoms with Crippen LogP contribution in [0.1, 0.15) is 44.6 Å². The third kappa shape index (κ3) is 3.89. The summed E-state index contributed by atoms with van der Waals surface area (Å²) in [5, 5.41) is 8.93. The first-order valence-electron chi connectivity index (χ1n) is 9.13. The van der Waals surface area contributed by atoms with E-state index in [9.17, 15) is 13.2 Å². The molecule has 0 bridgehead atoms. The van der Waals surface area contributed by atoms with Gasteiger partial charge in [0.15, 0.2) is 5.60 Å². The molecule has 0 radical (unpaired) electrons. The highest BCUT2D eigenvalue weighted by Gasteiger charge is 2.64. The smallest absolute Gasteiger partial charge is 0.358 e.